The lowest BCUT2D eigenvalue weighted by Crippen LogP contribution is -2.44. The van der Waals surface area contributed by atoms with Crippen LogP contribution in [-0.4, -0.2) is 36.8 Å². The molecule has 0 aromatic heterocycles. The summed E-state index contributed by atoms with van der Waals surface area (Å²) in [6.07, 6.45) is 0. The van der Waals surface area contributed by atoms with Gasteiger partial charge in [-0.15, -0.1) is 0 Å². The van der Waals surface area contributed by atoms with Crippen molar-refractivity contribution in [1.82, 2.24) is 10.6 Å². The fraction of sp³-hybridized carbons (Fsp3) is 0.917. The van der Waals surface area contributed by atoms with Crippen LogP contribution in [0.1, 0.15) is 34.6 Å². The van der Waals surface area contributed by atoms with Gasteiger partial charge in [0.25, 0.3) is 0 Å². The first-order chi connectivity index (χ1) is 7.51. The van der Waals surface area contributed by atoms with E-state index in [0.717, 1.165) is 12.5 Å². The van der Waals surface area contributed by atoms with Crippen molar-refractivity contribution in [2.75, 3.05) is 19.7 Å². The van der Waals surface area contributed by atoms with Crippen molar-refractivity contribution in [2.45, 2.75) is 40.7 Å². The van der Waals surface area contributed by atoms with Crippen LogP contribution in [0.3, 0.4) is 0 Å². The Labute approximate surface area is 99.5 Å². The Morgan fingerprint density at radius 2 is 1.88 bits per heavy atom. The van der Waals surface area contributed by atoms with Crippen LogP contribution >= 0.6 is 0 Å². The van der Waals surface area contributed by atoms with Gasteiger partial charge < -0.3 is 15.7 Å². The predicted octanol–water partition coefficient (Wildman–Crippen LogP) is 1.21. The molecule has 16 heavy (non-hydrogen) atoms. The summed E-state index contributed by atoms with van der Waals surface area (Å²) in [6.45, 7) is 12.2. The smallest absolute Gasteiger partial charge is 0.191 e. The van der Waals surface area contributed by atoms with Gasteiger partial charge in [-0.1, -0.05) is 20.8 Å². The van der Waals surface area contributed by atoms with Crippen molar-refractivity contribution in [1.29, 1.82) is 0 Å². The first kappa shape index (κ1) is 15.2. The standard InChI is InChI=1S/C12H27N3O/c1-6-13-12(14-7-10(4)8-16)15-11(5)9(2)3/h9-11,16H,6-8H2,1-5H3,(H2,13,14,15). The first-order valence-corrected chi connectivity index (χ1v) is 6.16. The van der Waals surface area contributed by atoms with E-state index in [0.29, 0.717) is 18.5 Å². The molecule has 0 saturated heterocycles. The molecule has 0 aromatic carbocycles. The Morgan fingerprint density at radius 1 is 1.25 bits per heavy atom. The molecule has 96 valence electrons. The average Bonchev–Trinajstić information content (AvgIpc) is 2.25. The molecule has 4 nitrogen and oxygen atoms in total. The quantitative estimate of drug-likeness (QED) is 0.474. The van der Waals surface area contributed by atoms with Crippen LogP contribution in [-0.2, 0) is 0 Å². The summed E-state index contributed by atoms with van der Waals surface area (Å²) in [5, 5.41) is 15.5. The molecule has 0 bridgehead atoms. The number of aliphatic hydroxyl groups is 1. The van der Waals surface area contributed by atoms with E-state index in [2.05, 4.69) is 36.4 Å². The van der Waals surface area contributed by atoms with E-state index in [4.69, 9.17) is 5.11 Å². The highest BCUT2D eigenvalue weighted by Crippen LogP contribution is 1.99. The summed E-state index contributed by atoms with van der Waals surface area (Å²) in [7, 11) is 0. The van der Waals surface area contributed by atoms with E-state index >= 15 is 0 Å². The molecule has 0 saturated carbocycles. The molecule has 3 N–H and O–H groups in total. The van der Waals surface area contributed by atoms with Gasteiger partial charge in [-0.3, -0.25) is 4.99 Å². The van der Waals surface area contributed by atoms with Crippen LogP contribution < -0.4 is 10.6 Å². The minimum absolute atomic E-state index is 0.183. The van der Waals surface area contributed by atoms with E-state index < -0.39 is 0 Å². The lowest BCUT2D eigenvalue weighted by Gasteiger charge is -2.21. The second-order valence-electron chi connectivity index (χ2n) is 4.68. The van der Waals surface area contributed by atoms with Gasteiger partial charge in [0.1, 0.15) is 0 Å². The minimum Gasteiger partial charge on any atom is -0.396 e. The summed E-state index contributed by atoms with van der Waals surface area (Å²) in [4.78, 5) is 4.44. The number of rotatable bonds is 6. The fourth-order valence-electron chi connectivity index (χ4n) is 1.01. The number of hydrogen-bond donors (Lipinski definition) is 3. The maximum Gasteiger partial charge on any atom is 0.191 e. The van der Waals surface area contributed by atoms with Gasteiger partial charge in [0.2, 0.25) is 0 Å². The third-order valence-corrected chi connectivity index (χ3v) is 2.58. The molecule has 4 heteroatoms. The summed E-state index contributed by atoms with van der Waals surface area (Å²) >= 11 is 0. The predicted molar refractivity (Wildman–Crippen MR) is 69.7 cm³/mol. The van der Waals surface area contributed by atoms with Gasteiger partial charge >= 0.3 is 0 Å². The Kier molecular flexibility index (Phi) is 7.99. The van der Waals surface area contributed by atoms with Crippen LogP contribution in [0, 0.1) is 11.8 Å². The maximum atomic E-state index is 8.94. The Bertz CT molecular complexity index is 204. The molecule has 0 heterocycles. The SMILES string of the molecule is CCNC(=NCC(C)CO)NC(C)C(C)C. The van der Waals surface area contributed by atoms with Gasteiger partial charge in [-0.25, -0.2) is 0 Å². The summed E-state index contributed by atoms with van der Waals surface area (Å²) in [5.74, 6) is 1.62. The molecule has 0 aromatic rings. The van der Waals surface area contributed by atoms with E-state index in [-0.39, 0.29) is 12.5 Å². The van der Waals surface area contributed by atoms with Crippen molar-refractivity contribution in [3.63, 3.8) is 0 Å². The van der Waals surface area contributed by atoms with Crippen LogP contribution in [0.15, 0.2) is 4.99 Å². The van der Waals surface area contributed by atoms with Crippen LogP contribution in [0.5, 0.6) is 0 Å². The van der Waals surface area contributed by atoms with Crippen LogP contribution in [0.2, 0.25) is 0 Å². The van der Waals surface area contributed by atoms with Gasteiger partial charge in [0, 0.05) is 25.7 Å². The Morgan fingerprint density at radius 3 is 2.31 bits per heavy atom. The average molecular weight is 229 g/mol. The lowest BCUT2D eigenvalue weighted by molar-refractivity contribution is 0.241. The van der Waals surface area contributed by atoms with E-state index in [1.54, 1.807) is 0 Å². The molecule has 0 spiro atoms. The van der Waals surface area contributed by atoms with Gasteiger partial charge in [0.15, 0.2) is 5.96 Å². The second kappa shape index (κ2) is 8.39. The molecular weight excluding hydrogens is 202 g/mol. The van der Waals surface area contributed by atoms with Crippen molar-refractivity contribution >= 4 is 5.96 Å². The third kappa shape index (κ3) is 6.67. The van der Waals surface area contributed by atoms with Crippen molar-refractivity contribution in [3.8, 4) is 0 Å². The Balaban J connectivity index is 4.24. The van der Waals surface area contributed by atoms with Gasteiger partial charge in [-0.2, -0.15) is 0 Å². The maximum absolute atomic E-state index is 8.94. The monoisotopic (exact) mass is 229 g/mol. The number of aliphatic hydroxyl groups excluding tert-OH is 1. The van der Waals surface area contributed by atoms with Crippen molar-refractivity contribution < 1.29 is 5.11 Å². The topological polar surface area (TPSA) is 56.7 Å². The number of nitrogens with one attached hydrogen (secondary N) is 2. The number of hydrogen-bond acceptors (Lipinski definition) is 2. The zero-order chi connectivity index (χ0) is 12.6. The zero-order valence-corrected chi connectivity index (χ0v) is 11.2. The van der Waals surface area contributed by atoms with Crippen molar-refractivity contribution in [3.05, 3.63) is 0 Å². The van der Waals surface area contributed by atoms with Gasteiger partial charge in [0.05, 0.1) is 0 Å². The first-order valence-electron chi connectivity index (χ1n) is 6.16. The molecule has 0 rings (SSSR count). The van der Waals surface area contributed by atoms with E-state index in [1.165, 1.54) is 0 Å². The molecule has 2 atom stereocenters. The largest absolute Gasteiger partial charge is 0.396 e. The molecule has 2 unspecified atom stereocenters. The normalized spacial score (nSPS) is 16.1. The van der Waals surface area contributed by atoms with E-state index in [9.17, 15) is 0 Å². The highest BCUT2D eigenvalue weighted by molar-refractivity contribution is 5.80. The summed E-state index contributed by atoms with van der Waals surface area (Å²) in [5.41, 5.74) is 0. The third-order valence-electron chi connectivity index (χ3n) is 2.58. The fourth-order valence-corrected chi connectivity index (χ4v) is 1.01. The van der Waals surface area contributed by atoms with Crippen LogP contribution in [0.4, 0.5) is 0 Å². The summed E-state index contributed by atoms with van der Waals surface area (Å²) in [6, 6.07) is 0.391. The Hall–Kier alpha value is -0.770. The molecular formula is C12H27N3O. The lowest BCUT2D eigenvalue weighted by atomic mass is 10.1. The number of aliphatic imine (C=N–C) groups is 1. The van der Waals surface area contributed by atoms with Gasteiger partial charge in [-0.05, 0) is 25.7 Å². The summed E-state index contributed by atoms with van der Waals surface area (Å²) < 4.78 is 0. The minimum atomic E-state index is 0.183. The highest BCUT2D eigenvalue weighted by atomic mass is 16.3. The number of guanidine groups is 1. The van der Waals surface area contributed by atoms with Crippen LogP contribution in [0.25, 0.3) is 0 Å². The molecule has 0 aliphatic carbocycles. The molecule has 0 aliphatic heterocycles. The molecule has 0 fully saturated rings. The van der Waals surface area contributed by atoms with E-state index in [1.807, 2.05) is 13.8 Å². The molecule has 0 radical (unpaired) electrons. The second-order valence-corrected chi connectivity index (χ2v) is 4.68. The highest BCUT2D eigenvalue weighted by Gasteiger charge is 2.09. The molecule has 0 aliphatic rings. The molecule has 0 amide bonds. The van der Waals surface area contributed by atoms with Crippen molar-refractivity contribution in [2.24, 2.45) is 16.8 Å². The number of nitrogens with zero attached hydrogens (tertiary/aromatic N) is 1. The zero-order valence-electron chi connectivity index (χ0n) is 11.2.